The lowest BCUT2D eigenvalue weighted by atomic mass is 9.54. The number of nitrogens with one attached hydrogen (secondary N) is 1. The molecule has 3 aliphatic carbocycles. The summed E-state index contributed by atoms with van der Waals surface area (Å²) in [6.45, 7) is 5.54. The number of esters is 1. The molecule has 1 aromatic carbocycles. The average molecular weight is 638 g/mol. The van der Waals surface area contributed by atoms with Crippen molar-refractivity contribution in [2.24, 2.45) is 23.2 Å². The van der Waals surface area contributed by atoms with Crippen LogP contribution in [-0.4, -0.2) is 22.6 Å². The van der Waals surface area contributed by atoms with Crippen molar-refractivity contribution in [2.75, 3.05) is 5.32 Å². The molecule has 0 aliphatic heterocycles. The summed E-state index contributed by atoms with van der Waals surface area (Å²) in [5.74, 6) is 1.77. The van der Waals surface area contributed by atoms with Gasteiger partial charge in [-0.3, -0.25) is 14.4 Å². The van der Waals surface area contributed by atoms with E-state index in [0.717, 1.165) is 45.9 Å². The van der Waals surface area contributed by atoms with Gasteiger partial charge in [0.05, 0.1) is 8.95 Å². The zero-order chi connectivity index (χ0) is 25.8. The second-order valence-corrected chi connectivity index (χ2v) is 13.6. The molecule has 2 saturated carbocycles. The van der Waals surface area contributed by atoms with E-state index >= 15 is 0 Å². The Kier molecular flexibility index (Phi) is 7.20. The van der Waals surface area contributed by atoms with Crippen molar-refractivity contribution in [1.82, 2.24) is 4.98 Å². The molecule has 5 atom stereocenters. The van der Waals surface area contributed by atoms with Crippen LogP contribution in [0.3, 0.4) is 0 Å². The summed E-state index contributed by atoms with van der Waals surface area (Å²) in [6, 6.07) is 2.12. The maximum atomic E-state index is 13.3. The number of thiazole rings is 1. The first-order valence-electron chi connectivity index (χ1n) is 12.5. The first-order chi connectivity index (χ1) is 17.1. The van der Waals surface area contributed by atoms with Gasteiger partial charge in [0.1, 0.15) is 5.78 Å². The highest BCUT2D eigenvalue weighted by Gasteiger charge is 2.58. The standard InChI is InChI=1S/C27H30Br2N2O4S/c1-13-12-30-26(36-13)31-22(34)7-4-15-10-21(33)27(3)9-8-16-17(23(15)27)5-6-18-19(16)11-20(28)25(24(18)29)35-14(2)32/h11-12,15-17,23H,4-10H2,1-3H3,(H,30,31,34)/t15-,16?,17?,23?,27-/m1/s1. The van der Waals surface area contributed by atoms with E-state index in [1.807, 2.05) is 6.92 Å². The number of carbonyl (C=O) groups is 3. The maximum absolute atomic E-state index is 13.3. The zero-order valence-electron chi connectivity index (χ0n) is 20.7. The number of amides is 1. The number of ketones is 1. The molecule has 3 unspecified atom stereocenters. The third-order valence-electron chi connectivity index (χ3n) is 8.58. The molecular formula is C27H30Br2N2O4S. The normalized spacial score (nSPS) is 28.8. The maximum Gasteiger partial charge on any atom is 0.308 e. The highest BCUT2D eigenvalue weighted by molar-refractivity contribution is 9.11. The highest BCUT2D eigenvalue weighted by Crippen LogP contribution is 2.63. The molecule has 1 aromatic heterocycles. The van der Waals surface area contributed by atoms with Crippen molar-refractivity contribution in [3.8, 4) is 5.75 Å². The Morgan fingerprint density at radius 3 is 2.78 bits per heavy atom. The fourth-order valence-electron chi connectivity index (χ4n) is 7.10. The number of aryl methyl sites for hydroxylation is 1. The zero-order valence-corrected chi connectivity index (χ0v) is 24.6. The Morgan fingerprint density at radius 2 is 2.08 bits per heavy atom. The van der Waals surface area contributed by atoms with Crippen LogP contribution in [0, 0.1) is 30.1 Å². The number of nitrogens with zero attached hydrogens (tertiary/aromatic N) is 1. The number of aromatic nitrogens is 1. The van der Waals surface area contributed by atoms with E-state index in [4.69, 9.17) is 4.74 Å². The lowest BCUT2D eigenvalue weighted by molar-refractivity contribution is -0.132. The van der Waals surface area contributed by atoms with Crippen LogP contribution >= 0.6 is 43.2 Å². The number of fused-ring (bicyclic) bond motifs is 5. The average Bonchev–Trinajstić information content (AvgIpc) is 3.34. The summed E-state index contributed by atoms with van der Waals surface area (Å²) in [5, 5.41) is 3.55. The lowest BCUT2D eigenvalue weighted by Gasteiger charge is -2.50. The van der Waals surface area contributed by atoms with Crippen LogP contribution in [-0.2, 0) is 20.8 Å². The molecule has 0 radical (unpaired) electrons. The van der Waals surface area contributed by atoms with E-state index in [2.05, 4.69) is 55.2 Å². The summed E-state index contributed by atoms with van der Waals surface area (Å²) >= 11 is 8.80. The molecule has 1 heterocycles. The van der Waals surface area contributed by atoms with E-state index < -0.39 is 0 Å². The number of ether oxygens (including phenoxy) is 1. The van der Waals surface area contributed by atoms with Crippen LogP contribution in [0.2, 0.25) is 0 Å². The molecule has 192 valence electrons. The fourth-order valence-corrected chi connectivity index (χ4v) is 9.30. The van der Waals surface area contributed by atoms with Crippen LogP contribution in [0.1, 0.15) is 74.3 Å². The largest absolute Gasteiger partial charge is 0.424 e. The van der Waals surface area contributed by atoms with E-state index in [0.29, 0.717) is 41.3 Å². The summed E-state index contributed by atoms with van der Waals surface area (Å²) < 4.78 is 7.09. The van der Waals surface area contributed by atoms with Gasteiger partial charge in [-0.15, -0.1) is 11.3 Å². The monoisotopic (exact) mass is 636 g/mol. The van der Waals surface area contributed by atoms with Crippen molar-refractivity contribution in [3.05, 3.63) is 37.2 Å². The Morgan fingerprint density at radius 1 is 1.31 bits per heavy atom. The van der Waals surface area contributed by atoms with Crippen molar-refractivity contribution in [3.63, 3.8) is 0 Å². The summed E-state index contributed by atoms with van der Waals surface area (Å²) in [7, 11) is 0. The quantitative estimate of drug-likeness (QED) is 0.283. The third kappa shape index (κ3) is 4.60. The Labute approximate surface area is 232 Å². The second-order valence-electron chi connectivity index (χ2n) is 10.7. The summed E-state index contributed by atoms with van der Waals surface area (Å²) in [6.07, 6.45) is 7.16. The predicted molar refractivity (Wildman–Crippen MR) is 146 cm³/mol. The minimum atomic E-state index is -0.347. The van der Waals surface area contributed by atoms with Crippen molar-refractivity contribution >= 4 is 66.0 Å². The van der Waals surface area contributed by atoms with E-state index in [9.17, 15) is 14.4 Å². The van der Waals surface area contributed by atoms with Gasteiger partial charge >= 0.3 is 5.97 Å². The SMILES string of the molecule is CC(=O)Oc1c(Br)cc2c(c1Br)CCC1C2CC[C@]2(C)C(=O)C[C@@H](CCC(=O)Nc3ncc(C)s3)C12. The van der Waals surface area contributed by atoms with Gasteiger partial charge in [0.25, 0.3) is 0 Å². The molecule has 1 N–H and O–H groups in total. The van der Waals surface area contributed by atoms with Gasteiger partial charge in [0, 0.05) is 36.3 Å². The number of halogens is 2. The van der Waals surface area contributed by atoms with Crippen molar-refractivity contribution in [1.29, 1.82) is 0 Å². The summed E-state index contributed by atoms with van der Waals surface area (Å²) in [4.78, 5) is 42.9. The number of anilines is 1. The van der Waals surface area contributed by atoms with Gasteiger partial charge in [-0.05, 0) is 112 Å². The first-order valence-corrected chi connectivity index (χ1v) is 14.9. The van der Waals surface area contributed by atoms with Gasteiger partial charge in [0.15, 0.2) is 10.9 Å². The Bertz CT molecular complexity index is 1240. The number of Topliss-reactive ketones (excluding diaryl/α,β-unsaturated/α-hetero) is 1. The molecule has 0 saturated heterocycles. The molecule has 6 nitrogen and oxygen atoms in total. The molecule has 9 heteroatoms. The highest BCUT2D eigenvalue weighted by atomic mass is 79.9. The molecular weight excluding hydrogens is 608 g/mol. The number of carbonyl (C=O) groups excluding carboxylic acids is 3. The molecule has 1 amide bonds. The minimum Gasteiger partial charge on any atom is -0.424 e. The first kappa shape index (κ1) is 26.0. The van der Waals surface area contributed by atoms with Gasteiger partial charge < -0.3 is 10.1 Å². The van der Waals surface area contributed by atoms with Gasteiger partial charge in [0.2, 0.25) is 5.91 Å². The number of rotatable bonds is 5. The second kappa shape index (κ2) is 9.95. The smallest absolute Gasteiger partial charge is 0.308 e. The van der Waals surface area contributed by atoms with Crippen LogP contribution < -0.4 is 10.1 Å². The molecule has 2 aromatic rings. The van der Waals surface area contributed by atoms with Crippen LogP contribution in [0.25, 0.3) is 0 Å². The van der Waals surface area contributed by atoms with Gasteiger partial charge in [-0.1, -0.05) is 6.92 Å². The van der Waals surface area contributed by atoms with Crippen LogP contribution in [0.15, 0.2) is 21.2 Å². The Hall–Kier alpha value is -1.58. The molecule has 0 spiro atoms. The van der Waals surface area contributed by atoms with E-state index in [1.54, 1.807) is 6.20 Å². The minimum absolute atomic E-state index is 0.0300. The fraction of sp³-hybridized carbons (Fsp3) is 0.556. The molecule has 2 fully saturated rings. The molecule has 3 aliphatic rings. The van der Waals surface area contributed by atoms with Crippen molar-refractivity contribution in [2.45, 2.75) is 71.6 Å². The topological polar surface area (TPSA) is 85.4 Å². The predicted octanol–water partition coefficient (Wildman–Crippen LogP) is 6.97. The number of benzene rings is 1. The Balaban J connectivity index is 1.37. The number of hydrogen-bond acceptors (Lipinski definition) is 6. The van der Waals surface area contributed by atoms with E-state index in [1.165, 1.54) is 29.4 Å². The van der Waals surface area contributed by atoms with Crippen LogP contribution in [0.5, 0.6) is 5.75 Å². The number of hydrogen-bond donors (Lipinski definition) is 1. The summed E-state index contributed by atoms with van der Waals surface area (Å²) in [5.41, 5.74) is 2.19. The van der Waals surface area contributed by atoms with Gasteiger partial charge in [-0.2, -0.15) is 0 Å². The van der Waals surface area contributed by atoms with Crippen LogP contribution in [0.4, 0.5) is 5.13 Å². The molecule has 0 bridgehead atoms. The molecule has 5 rings (SSSR count). The third-order valence-corrected chi connectivity index (χ3v) is 10.8. The van der Waals surface area contributed by atoms with Crippen molar-refractivity contribution < 1.29 is 19.1 Å². The molecule has 36 heavy (non-hydrogen) atoms. The van der Waals surface area contributed by atoms with Gasteiger partial charge in [-0.25, -0.2) is 4.98 Å². The van der Waals surface area contributed by atoms with E-state index in [-0.39, 0.29) is 29.1 Å². The lowest BCUT2D eigenvalue weighted by Crippen LogP contribution is -2.44.